The summed E-state index contributed by atoms with van der Waals surface area (Å²) in [5.74, 6) is -4.49. The number of hydrogen-bond acceptors (Lipinski definition) is 7. The number of amides is 4. The standard InChI is InChI=1S/C20H16F3N3O7S/c1-9-8-34(32)18-14(24-16(29)10-2-4-11(5-3-10)20(21,22)23)17(30)25(18)15(9)19(31)33-26-12(27)6-7-13(26)28/h2-5,14-15,18H,1,6-8H2,(H,24,29)/t14?,15?,18-,34?/m1/s1. The number of carbonyl (C=O) groups excluding carboxylic acids is 5. The van der Waals surface area contributed by atoms with Crippen LogP contribution in [0.1, 0.15) is 28.8 Å². The van der Waals surface area contributed by atoms with Crippen LogP contribution < -0.4 is 5.32 Å². The van der Waals surface area contributed by atoms with E-state index in [0.717, 1.165) is 17.0 Å². The Morgan fingerprint density at radius 3 is 2.24 bits per heavy atom. The average molecular weight is 499 g/mol. The fourth-order valence-corrected chi connectivity index (χ4v) is 5.49. The van der Waals surface area contributed by atoms with E-state index in [0.29, 0.717) is 17.2 Å². The smallest absolute Gasteiger partial charge is 0.338 e. The van der Waals surface area contributed by atoms with Crippen LogP contribution in [0.25, 0.3) is 0 Å². The molecule has 3 aliphatic heterocycles. The maximum absolute atomic E-state index is 12.8. The minimum Gasteiger partial charge on any atom is -0.338 e. The number of nitrogens with zero attached hydrogens (tertiary/aromatic N) is 2. The second-order valence-electron chi connectivity index (χ2n) is 7.74. The second-order valence-corrected chi connectivity index (χ2v) is 9.27. The molecule has 1 aromatic carbocycles. The molecule has 14 heteroatoms. The maximum Gasteiger partial charge on any atom is 0.416 e. The molecular weight excluding hydrogens is 483 g/mol. The summed E-state index contributed by atoms with van der Waals surface area (Å²) in [6.45, 7) is 3.64. The lowest BCUT2D eigenvalue weighted by Crippen LogP contribution is -2.77. The largest absolute Gasteiger partial charge is 0.416 e. The van der Waals surface area contributed by atoms with E-state index in [-0.39, 0.29) is 29.7 Å². The Kier molecular flexibility index (Phi) is 5.79. The third kappa shape index (κ3) is 3.97. The normalized spacial score (nSPS) is 26.8. The van der Waals surface area contributed by atoms with Gasteiger partial charge in [-0.3, -0.25) is 23.4 Å². The molecule has 0 aromatic heterocycles. The Balaban J connectivity index is 1.48. The maximum atomic E-state index is 12.8. The molecule has 180 valence electrons. The second kappa shape index (κ2) is 8.34. The van der Waals surface area contributed by atoms with Crippen LogP contribution in [0.2, 0.25) is 0 Å². The summed E-state index contributed by atoms with van der Waals surface area (Å²) < 4.78 is 50.7. The average Bonchev–Trinajstić information content (AvgIpc) is 3.08. The molecule has 1 N–H and O–H groups in total. The van der Waals surface area contributed by atoms with Gasteiger partial charge in [-0.2, -0.15) is 13.2 Å². The summed E-state index contributed by atoms with van der Waals surface area (Å²) in [7, 11) is -1.77. The molecule has 3 saturated heterocycles. The van der Waals surface area contributed by atoms with Crippen LogP contribution in [-0.2, 0) is 41.0 Å². The molecule has 4 rings (SSSR count). The monoisotopic (exact) mass is 499 g/mol. The van der Waals surface area contributed by atoms with E-state index >= 15 is 0 Å². The van der Waals surface area contributed by atoms with Gasteiger partial charge in [0, 0.05) is 24.2 Å². The van der Waals surface area contributed by atoms with Crippen LogP contribution >= 0.6 is 0 Å². The molecule has 4 amide bonds. The van der Waals surface area contributed by atoms with Gasteiger partial charge in [-0.05, 0) is 29.8 Å². The number of hydrogen-bond donors (Lipinski definition) is 1. The van der Waals surface area contributed by atoms with Gasteiger partial charge in [-0.25, -0.2) is 4.79 Å². The molecule has 0 saturated carbocycles. The van der Waals surface area contributed by atoms with E-state index in [4.69, 9.17) is 4.84 Å². The van der Waals surface area contributed by atoms with Gasteiger partial charge in [-0.1, -0.05) is 6.58 Å². The van der Waals surface area contributed by atoms with Crippen LogP contribution in [-0.4, -0.2) is 67.0 Å². The van der Waals surface area contributed by atoms with Crippen molar-refractivity contribution in [1.82, 2.24) is 15.3 Å². The van der Waals surface area contributed by atoms with E-state index in [2.05, 4.69) is 11.9 Å². The number of rotatable bonds is 4. The zero-order valence-electron chi connectivity index (χ0n) is 17.2. The van der Waals surface area contributed by atoms with Gasteiger partial charge in [0.15, 0.2) is 6.04 Å². The molecule has 3 unspecified atom stereocenters. The van der Waals surface area contributed by atoms with E-state index < -0.39 is 69.6 Å². The Bertz CT molecular complexity index is 1140. The van der Waals surface area contributed by atoms with Gasteiger partial charge >= 0.3 is 12.1 Å². The van der Waals surface area contributed by atoms with Gasteiger partial charge in [0.05, 0.1) is 16.4 Å². The van der Waals surface area contributed by atoms with Gasteiger partial charge in [-0.15, -0.1) is 5.06 Å². The van der Waals surface area contributed by atoms with Crippen molar-refractivity contribution >= 4 is 40.4 Å². The summed E-state index contributed by atoms with van der Waals surface area (Å²) in [5, 5.41) is 1.50. The first-order chi connectivity index (χ1) is 15.9. The molecule has 0 spiro atoms. The lowest BCUT2D eigenvalue weighted by Gasteiger charge is -2.52. The molecule has 10 nitrogen and oxygen atoms in total. The molecule has 3 fully saturated rings. The lowest BCUT2D eigenvalue weighted by atomic mass is 9.98. The number of nitrogens with one attached hydrogen (secondary N) is 1. The third-order valence-electron chi connectivity index (χ3n) is 5.51. The molecule has 1 aromatic rings. The van der Waals surface area contributed by atoms with E-state index in [1.165, 1.54) is 0 Å². The molecule has 3 heterocycles. The van der Waals surface area contributed by atoms with Crippen molar-refractivity contribution in [1.29, 1.82) is 0 Å². The highest BCUT2D eigenvalue weighted by Gasteiger charge is 2.60. The number of carbonyl (C=O) groups is 5. The first kappa shape index (κ1) is 23.6. The fourth-order valence-electron chi connectivity index (χ4n) is 3.83. The van der Waals surface area contributed by atoms with Crippen molar-refractivity contribution in [2.24, 2.45) is 0 Å². The van der Waals surface area contributed by atoms with Crippen molar-refractivity contribution in [3.8, 4) is 0 Å². The summed E-state index contributed by atoms with van der Waals surface area (Å²) in [4.78, 5) is 67.1. The first-order valence-corrected chi connectivity index (χ1v) is 11.2. The summed E-state index contributed by atoms with van der Waals surface area (Å²) in [5.41, 5.74) is -1.06. The Hall–Kier alpha value is -3.55. The molecule has 34 heavy (non-hydrogen) atoms. The summed E-state index contributed by atoms with van der Waals surface area (Å²) in [6.07, 6.45) is -4.86. The van der Waals surface area contributed by atoms with Crippen molar-refractivity contribution in [3.05, 3.63) is 47.5 Å². The predicted octanol–water partition coefficient (Wildman–Crippen LogP) is 0.266. The topological polar surface area (TPSA) is 130 Å². The van der Waals surface area contributed by atoms with Crippen molar-refractivity contribution < 1.29 is 46.2 Å². The quantitative estimate of drug-likeness (QED) is 0.358. The van der Waals surface area contributed by atoms with E-state index in [1.807, 2.05) is 0 Å². The van der Waals surface area contributed by atoms with Crippen LogP contribution in [0.5, 0.6) is 0 Å². The molecule has 0 radical (unpaired) electrons. The summed E-state index contributed by atoms with van der Waals surface area (Å²) >= 11 is 0. The first-order valence-electron chi connectivity index (χ1n) is 9.83. The van der Waals surface area contributed by atoms with Crippen molar-refractivity contribution in [2.45, 2.75) is 36.5 Å². The number of benzene rings is 1. The Morgan fingerprint density at radius 1 is 1.09 bits per heavy atom. The number of halogens is 3. The number of β-lactam (4-membered cyclic amide) rings is 1. The van der Waals surface area contributed by atoms with Gasteiger partial charge < -0.3 is 15.1 Å². The zero-order valence-corrected chi connectivity index (χ0v) is 18.0. The highest BCUT2D eigenvalue weighted by atomic mass is 32.2. The summed E-state index contributed by atoms with van der Waals surface area (Å²) in [6, 6.07) is 0.537. The molecular formula is C20H16F3N3O7S. The molecule has 0 bridgehead atoms. The Labute approximate surface area is 192 Å². The highest BCUT2D eigenvalue weighted by molar-refractivity contribution is 7.86. The third-order valence-corrected chi connectivity index (χ3v) is 7.21. The number of alkyl halides is 3. The number of imide groups is 1. The zero-order chi connectivity index (χ0) is 24.9. The molecule has 4 atom stereocenters. The van der Waals surface area contributed by atoms with Crippen LogP contribution in [0.15, 0.2) is 36.4 Å². The molecule has 3 aliphatic rings. The SMILES string of the molecule is C=C1CS(=O)[C@@H]2C(NC(=O)c3ccc(C(F)(F)F)cc3)C(=O)N2C1C(=O)ON1C(=O)CCC1=O. The fraction of sp³-hybridized carbons (Fsp3) is 0.350. The molecule has 0 aliphatic carbocycles. The minimum absolute atomic E-state index is 0.0551. The van der Waals surface area contributed by atoms with E-state index in [1.54, 1.807) is 0 Å². The highest BCUT2D eigenvalue weighted by Crippen LogP contribution is 2.35. The van der Waals surface area contributed by atoms with Crippen LogP contribution in [0.4, 0.5) is 13.2 Å². The minimum atomic E-state index is -4.59. The predicted molar refractivity (Wildman–Crippen MR) is 106 cm³/mol. The number of hydroxylamine groups is 2. The van der Waals surface area contributed by atoms with Gasteiger partial charge in [0.25, 0.3) is 17.7 Å². The van der Waals surface area contributed by atoms with Crippen LogP contribution in [0.3, 0.4) is 0 Å². The van der Waals surface area contributed by atoms with E-state index in [9.17, 15) is 41.4 Å². The Morgan fingerprint density at radius 2 is 1.68 bits per heavy atom. The van der Waals surface area contributed by atoms with Gasteiger partial charge in [0.1, 0.15) is 11.4 Å². The van der Waals surface area contributed by atoms with Crippen LogP contribution in [0, 0.1) is 0 Å². The number of fused-ring (bicyclic) bond motifs is 1. The van der Waals surface area contributed by atoms with Crippen molar-refractivity contribution in [3.63, 3.8) is 0 Å². The lowest BCUT2D eigenvalue weighted by molar-refractivity contribution is -0.202. The van der Waals surface area contributed by atoms with Crippen molar-refractivity contribution in [2.75, 3.05) is 5.75 Å². The van der Waals surface area contributed by atoms with Gasteiger partial charge in [0.2, 0.25) is 5.91 Å².